The van der Waals surface area contributed by atoms with E-state index in [-0.39, 0.29) is 6.04 Å². The molecule has 14 nitrogen and oxygen atoms in total. The van der Waals surface area contributed by atoms with Gasteiger partial charge in [-0.3, -0.25) is 0 Å². The average molecular weight is 1520 g/mol. The molecule has 0 fully saturated rings. The Kier molecular flexibility index (Phi) is 63.1. The van der Waals surface area contributed by atoms with Gasteiger partial charge in [0.1, 0.15) is 6.61 Å². The Morgan fingerprint density at radius 2 is 0.796 bits per heavy atom. The van der Waals surface area contributed by atoms with E-state index in [0.29, 0.717) is 94.2 Å². The molecule has 0 aromatic carbocycles. The van der Waals surface area contributed by atoms with Crippen LogP contribution < -0.4 is 0 Å². The third-order valence-electron chi connectivity index (χ3n) is 11.5. The molecule has 6 unspecified atom stereocenters. The minimum Gasteiger partial charge on any atom is -0.398 e. The van der Waals surface area contributed by atoms with Crippen molar-refractivity contribution in [2.75, 3.05) is 74.3 Å². The highest BCUT2D eigenvalue weighted by Crippen LogP contribution is 2.33. The zero-order valence-electron chi connectivity index (χ0n) is 58.2. The van der Waals surface area contributed by atoms with Crippen LogP contribution in [-0.2, 0) is 62.0 Å². The van der Waals surface area contributed by atoms with Gasteiger partial charge in [-0.1, -0.05) is 106 Å². The van der Waals surface area contributed by atoms with E-state index < -0.39 is 118 Å². The number of alkyl halides is 18. The first-order valence-corrected chi connectivity index (χ1v) is 46.0. The summed E-state index contributed by atoms with van der Waals surface area (Å²) in [7, 11) is -15.5. The van der Waals surface area contributed by atoms with Crippen molar-refractivity contribution in [3.05, 3.63) is 35.8 Å². The van der Waals surface area contributed by atoms with Crippen LogP contribution in [0.25, 0.3) is 0 Å². The SMILES string of the molecule is C=C[Si](CCC)(OC)OC(F)(F)F.CC=C[SiH](OCC)OCC.CC=C[Si](CCC)(OCC)OCC(F)(F)F.CCC[Si](C)(OC)OC(F)(F)F.CCC[Si](C)(OCC)OC(F)(F)CF.CCC[Si](CC)(OC)OC(F)(F)F.CCC[Si](CC)(OCC)OC(F)(F)CF. The van der Waals surface area contributed by atoms with Gasteiger partial charge < -0.3 is 62.0 Å². The second-order valence-electron chi connectivity index (χ2n) is 19.6. The fourth-order valence-electron chi connectivity index (χ4n) is 7.80. The Morgan fingerprint density at radius 3 is 1.10 bits per heavy atom. The molecule has 0 spiro atoms. The predicted molar refractivity (Wildman–Crippen MR) is 341 cm³/mol. The Bertz CT molecular complexity index is 1780. The molecule has 0 aliphatic rings. The zero-order valence-corrected chi connectivity index (χ0v) is 65.4. The van der Waals surface area contributed by atoms with Crippen LogP contribution >= 0.6 is 0 Å². The third-order valence-corrected chi connectivity index (χ3v) is 33.5. The van der Waals surface area contributed by atoms with Gasteiger partial charge in [0.05, 0.1) is 0 Å². The molecule has 39 heteroatoms. The maximum atomic E-state index is 12.8. The van der Waals surface area contributed by atoms with Gasteiger partial charge in [-0.2, -0.15) is 30.7 Å². The van der Waals surface area contributed by atoms with Crippen LogP contribution in [0.15, 0.2) is 35.8 Å². The normalized spacial score (nSPS) is 16.2. The lowest BCUT2D eigenvalue weighted by molar-refractivity contribution is -0.289. The summed E-state index contributed by atoms with van der Waals surface area (Å²) in [5, 5.41) is 0. The Labute approximate surface area is 551 Å². The molecule has 0 aromatic rings. The maximum Gasteiger partial charge on any atom is 0.514 e. The largest absolute Gasteiger partial charge is 0.514 e. The molecule has 0 saturated carbocycles. The van der Waals surface area contributed by atoms with Crippen LogP contribution in [0, 0.1) is 0 Å². The average Bonchev–Trinajstić information content (AvgIpc) is 1.03. The van der Waals surface area contributed by atoms with Gasteiger partial charge >= 0.3 is 98.1 Å². The van der Waals surface area contributed by atoms with Gasteiger partial charge in [-0.25, -0.2) is 8.78 Å². The number of rotatable bonds is 41. The topological polar surface area (TPSA) is 129 Å². The summed E-state index contributed by atoms with van der Waals surface area (Å²) in [5.41, 5.74) is 4.86. The first-order chi connectivity index (χ1) is 42.7. The van der Waals surface area contributed by atoms with Crippen LogP contribution in [0.4, 0.5) is 79.0 Å². The van der Waals surface area contributed by atoms with Gasteiger partial charge in [0.15, 0.2) is 13.3 Å². The van der Waals surface area contributed by atoms with Crippen LogP contribution in [-0.4, -0.2) is 172 Å². The van der Waals surface area contributed by atoms with Crippen LogP contribution in [0.5, 0.6) is 0 Å². The summed E-state index contributed by atoms with van der Waals surface area (Å²) >= 11 is 0. The highest BCUT2D eigenvalue weighted by Gasteiger charge is 2.49. The second-order valence-corrected chi connectivity index (χ2v) is 41.4. The van der Waals surface area contributed by atoms with Gasteiger partial charge in [-0.05, 0) is 127 Å². The standard InChI is InChI=1S/C10H19F3O2Si.C9H19F3O2Si.C8H17F3O2Si.C7H15F3O2Si.C7H13F3O2Si.C7H16O2Si.C6H13F3O2Si/c1-4-7-16(8-5-2,14-6-3)15-9-10(11,12)13;1-4-7-15(6-3,13-5-2)14-9(11,12)8-10;1-4-6-14(3,12-5-2)13-8(10,11)7-9;2*1-4-6-13(5-2,11-3)12-7(8,9)10;1-4-7-10(8-5-2)9-6-3;1-4-5-12(3,10-2)11-6(7,8)9/h4,7H,5-6,8-9H2,1-3H3;4-8H2,1-3H3;4-7H2,1-3H3;4-6H2,1-3H3;5H,2,4,6H2,1,3H3;4,7,10H,5-6H2,1-3H3;4-5H2,1-3H3. The smallest absolute Gasteiger partial charge is 0.398 e. The van der Waals surface area contributed by atoms with Crippen molar-refractivity contribution >= 4 is 60.6 Å². The van der Waals surface area contributed by atoms with E-state index in [0.717, 1.165) is 25.3 Å². The molecule has 0 aliphatic carbocycles. The van der Waals surface area contributed by atoms with Crippen LogP contribution in [0.3, 0.4) is 0 Å². The molecular weight excluding hydrogens is 1410 g/mol. The Morgan fingerprint density at radius 1 is 0.398 bits per heavy atom. The second kappa shape index (κ2) is 55.7. The molecule has 0 radical (unpaired) electrons. The minimum absolute atomic E-state index is 0.256. The fraction of sp³-hybridized carbons (Fsp3) is 0.889. The van der Waals surface area contributed by atoms with E-state index >= 15 is 0 Å². The van der Waals surface area contributed by atoms with Crippen molar-refractivity contribution in [2.24, 2.45) is 0 Å². The van der Waals surface area contributed by atoms with Crippen molar-refractivity contribution in [2.45, 2.75) is 241 Å². The number of halogens is 18. The summed E-state index contributed by atoms with van der Waals surface area (Å²) in [4.78, 5) is 0. The van der Waals surface area contributed by atoms with Crippen molar-refractivity contribution < 1.29 is 141 Å². The Balaban J connectivity index is -0.000000186. The quantitative estimate of drug-likeness (QED) is 0.0425. The molecule has 0 saturated heterocycles. The summed E-state index contributed by atoms with van der Waals surface area (Å²) in [5.74, 6) is 0. The van der Waals surface area contributed by atoms with E-state index in [1.54, 1.807) is 67.2 Å². The lowest BCUT2D eigenvalue weighted by Gasteiger charge is -2.32. The predicted octanol–water partition coefficient (Wildman–Crippen LogP) is 20.0. The minimum atomic E-state index is -4.65. The van der Waals surface area contributed by atoms with E-state index in [4.69, 9.17) is 39.8 Å². The summed E-state index contributed by atoms with van der Waals surface area (Å²) in [6.07, 6.45) is -17.8. The molecule has 0 bridgehead atoms. The molecule has 6 atom stereocenters. The van der Waals surface area contributed by atoms with Gasteiger partial charge in [-0.15, -0.1) is 46.1 Å². The van der Waals surface area contributed by atoms with Crippen LogP contribution in [0.2, 0.25) is 61.4 Å². The lowest BCUT2D eigenvalue weighted by atomic mass is 10.6. The molecule has 0 aromatic heterocycles. The van der Waals surface area contributed by atoms with Crippen molar-refractivity contribution in [1.29, 1.82) is 0 Å². The van der Waals surface area contributed by atoms with Gasteiger partial charge in [0, 0.05) is 54.4 Å². The number of hydrogen-bond acceptors (Lipinski definition) is 14. The Hall–Kier alpha value is -1.08. The summed E-state index contributed by atoms with van der Waals surface area (Å²) in [6, 6.07) is 3.15. The fourth-order valence-corrected chi connectivity index (χ4v) is 23.4. The first kappa shape index (κ1) is 105. The van der Waals surface area contributed by atoms with Crippen molar-refractivity contribution in [1.82, 2.24) is 0 Å². The van der Waals surface area contributed by atoms with E-state index in [1.807, 2.05) is 60.2 Å². The molecular formula is C54H112F18O14Si7. The van der Waals surface area contributed by atoms with Crippen molar-refractivity contribution in [3.63, 3.8) is 0 Å². The van der Waals surface area contributed by atoms with Crippen LogP contribution in [0.1, 0.15) is 142 Å². The van der Waals surface area contributed by atoms with Gasteiger partial charge in [0.25, 0.3) is 0 Å². The molecule has 0 N–H and O–H groups in total. The lowest BCUT2D eigenvalue weighted by Crippen LogP contribution is -2.47. The molecule has 93 heavy (non-hydrogen) atoms. The third kappa shape index (κ3) is 60.6. The molecule has 0 aliphatic heterocycles. The highest BCUT2D eigenvalue weighted by atomic mass is 28.4. The van der Waals surface area contributed by atoms with Crippen molar-refractivity contribution in [3.8, 4) is 0 Å². The number of hydrogen-bond donors (Lipinski definition) is 0. The monoisotopic (exact) mass is 1520 g/mol. The highest BCUT2D eigenvalue weighted by molar-refractivity contribution is 6.73. The number of allylic oxidation sites excluding steroid dienone is 2. The van der Waals surface area contributed by atoms with E-state index in [1.165, 1.54) is 34.4 Å². The van der Waals surface area contributed by atoms with Gasteiger partial charge in [0.2, 0.25) is 0 Å². The first-order valence-electron chi connectivity index (χ1n) is 30.7. The summed E-state index contributed by atoms with van der Waals surface area (Å²) < 4.78 is 286. The maximum absolute atomic E-state index is 12.8. The summed E-state index contributed by atoms with van der Waals surface area (Å²) in [6.45, 7) is 31.3. The molecule has 566 valence electrons. The molecule has 0 amide bonds. The molecule has 0 rings (SSSR count). The van der Waals surface area contributed by atoms with E-state index in [2.05, 4.69) is 28.7 Å². The molecule has 0 heterocycles. The van der Waals surface area contributed by atoms with E-state index in [9.17, 15) is 79.0 Å². The zero-order chi connectivity index (χ0) is 74.6.